The number of ether oxygens (including phenoxy) is 1. The highest BCUT2D eigenvalue weighted by molar-refractivity contribution is 7.86. The molecule has 0 aromatic heterocycles. The van der Waals surface area contributed by atoms with Gasteiger partial charge in [0.05, 0.1) is 12.9 Å². The van der Waals surface area contributed by atoms with Gasteiger partial charge in [0.2, 0.25) is 0 Å². The van der Waals surface area contributed by atoms with Crippen LogP contribution >= 0.6 is 0 Å². The van der Waals surface area contributed by atoms with Crippen molar-refractivity contribution >= 4 is 15.9 Å². The molecule has 27 heavy (non-hydrogen) atoms. The lowest BCUT2D eigenvalue weighted by Crippen LogP contribution is -2.43. The van der Waals surface area contributed by atoms with E-state index in [-0.39, 0.29) is 11.3 Å². The number of methoxy groups -OCH3 is 1. The van der Waals surface area contributed by atoms with Crippen molar-refractivity contribution in [3.63, 3.8) is 0 Å². The number of carbonyl (C=O) groups is 1. The van der Waals surface area contributed by atoms with Crippen molar-refractivity contribution in [3.05, 3.63) is 29.3 Å². The van der Waals surface area contributed by atoms with E-state index in [9.17, 15) is 13.2 Å². The molecule has 5 nitrogen and oxygen atoms in total. The second-order valence-electron chi connectivity index (χ2n) is 8.76. The van der Waals surface area contributed by atoms with Gasteiger partial charge in [-0.25, -0.2) is 0 Å². The number of Topliss-reactive ketones (excluding diaryl/α,β-unsaturated/α-hetero) is 1. The summed E-state index contributed by atoms with van der Waals surface area (Å²) < 4.78 is 33.6. The second-order valence-corrected chi connectivity index (χ2v) is 10.3. The molecule has 148 valence electrons. The number of hydrogen-bond donors (Lipinski definition) is 0. The van der Waals surface area contributed by atoms with Crippen molar-refractivity contribution in [1.82, 2.24) is 0 Å². The molecule has 5 atom stereocenters. The van der Waals surface area contributed by atoms with Crippen molar-refractivity contribution < 1.29 is 22.1 Å². The van der Waals surface area contributed by atoms with Gasteiger partial charge in [-0.1, -0.05) is 13.0 Å². The van der Waals surface area contributed by atoms with Crippen LogP contribution in [0.15, 0.2) is 18.2 Å². The maximum atomic E-state index is 12.5. The summed E-state index contributed by atoms with van der Waals surface area (Å²) in [6.07, 6.45) is 5.74. The van der Waals surface area contributed by atoms with Crippen molar-refractivity contribution in [3.8, 4) is 5.75 Å². The first-order chi connectivity index (χ1) is 12.7. The third-order valence-electron chi connectivity index (χ3n) is 7.22. The van der Waals surface area contributed by atoms with E-state index in [1.54, 1.807) is 13.2 Å². The zero-order valence-corrected chi connectivity index (χ0v) is 17.1. The summed E-state index contributed by atoms with van der Waals surface area (Å²) in [7, 11) is -1.85. The molecule has 0 amide bonds. The number of fused-ring (bicyclic) bond motifs is 5. The van der Waals surface area contributed by atoms with Crippen LogP contribution in [-0.2, 0) is 19.6 Å². The molecule has 0 aliphatic heterocycles. The van der Waals surface area contributed by atoms with E-state index < -0.39 is 10.1 Å². The maximum Gasteiger partial charge on any atom is 0.306 e. The molecule has 1 aromatic carbocycles. The van der Waals surface area contributed by atoms with Gasteiger partial charge in [-0.2, -0.15) is 8.42 Å². The maximum absolute atomic E-state index is 12.5. The fraction of sp³-hybridized carbons (Fsp3) is 0.667. The summed E-state index contributed by atoms with van der Waals surface area (Å²) in [5, 5.41) is 0. The Morgan fingerprint density at radius 2 is 2.00 bits per heavy atom. The molecule has 5 unspecified atom stereocenters. The monoisotopic (exact) mass is 392 g/mol. The lowest BCUT2D eigenvalue weighted by atomic mass is 9.54. The highest BCUT2D eigenvalue weighted by Crippen LogP contribution is 2.61. The molecule has 1 aromatic rings. The molecular formula is C21H28O5S. The first-order valence-electron chi connectivity index (χ1n) is 9.78. The van der Waals surface area contributed by atoms with Crippen LogP contribution in [0.2, 0.25) is 0 Å². The van der Waals surface area contributed by atoms with Crippen LogP contribution in [0.3, 0.4) is 0 Å². The van der Waals surface area contributed by atoms with Crippen LogP contribution in [0.4, 0.5) is 0 Å². The Labute approximate surface area is 161 Å². The van der Waals surface area contributed by atoms with Crippen molar-refractivity contribution in [2.75, 3.05) is 20.0 Å². The van der Waals surface area contributed by atoms with Crippen LogP contribution in [0.1, 0.15) is 62.0 Å². The van der Waals surface area contributed by atoms with Crippen molar-refractivity contribution in [2.45, 2.75) is 50.9 Å². The Morgan fingerprint density at radius 1 is 1.22 bits per heavy atom. The minimum absolute atomic E-state index is 0.157. The van der Waals surface area contributed by atoms with Crippen molar-refractivity contribution in [2.24, 2.45) is 17.3 Å². The van der Waals surface area contributed by atoms with E-state index in [0.29, 0.717) is 42.3 Å². The molecule has 0 heterocycles. The van der Waals surface area contributed by atoms with E-state index in [0.717, 1.165) is 37.5 Å². The van der Waals surface area contributed by atoms with Gasteiger partial charge in [0.1, 0.15) is 11.5 Å². The van der Waals surface area contributed by atoms with E-state index >= 15 is 0 Å². The van der Waals surface area contributed by atoms with Crippen LogP contribution in [0, 0.1) is 17.3 Å². The Morgan fingerprint density at radius 3 is 2.70 bits per heavy atom. The van der Waals surface area contributed by atoms with Gasteiger partial charge in [0.15, 0.2) is 0 Å². The number of carbonyl (C=O) groups excluding carboxylic acids is 1. The lowest BCUT2D eigenvalue weighted by molar-refractivity contribution is -0.129. The quantitative estimate of drug-likeness (QED) is 0.732. The molecule has 0 N–H and O–H groups in total. The largest absolute Gasteiger partial charge is 0.384 e. The number of hydrogen-bond acceptors (Lipinski definition) is 5. The predicted molar refractivity (Wildman–Crippen MR) is 102 cm³/mol. The van der Waals surface area contributed by atoms with Gasteiger partial charge in [0.25, 0.3) is 0 Å². The Kier molecular flexibility index (Phi) is 4.62. The standard InChI is InChI=1S/C21H28O5S/c1-21-9-8-16-15-5-4-14(26-27(3,23)24)11-17(15)13(12-25-2)10-18(16)19(21)6-7-20(21)22/h4-5,11,13,16,18-19H,6-10,12H2,1-3H3. The van der Waals surface area contributed by atoms with Crippen molar-refractivity contribution in [1.29, 1.82) is 0 Å². The zero-order chi connectivity index (χ0) is 19.4. The topological polar surface area (TPSA) is 69.7 Å². The predicted octanol–water partition coefficient (Wildman–Crippen LogP) is 3.64. The molecule has 2 fully saturated rings. The smallest absolute Gasteiger partial charge is 0.306 e. The van der Waals surface area contributed by atoms with Crippen LogP contribution in [0.25, 0.3) is 0 Å². The van der Waals surface area contributed by atoms with Gasteiger partial charge in [0, 0.05) is 24.9 Å². The first kappa shape index (κ1) is 18.9. The minimum Gasteiger partial charge on any atom is -0.384 e. The van der Waals surface area contributed by atoms with Gasteiger partial charge in [-0.15, -0.1) is 0 Å². The number of rotatable bonds is 4. The highest BCUT2D eigenvalue weighted by atomic mass is 32.2. The van der Waals surface area contributed by atoms with E-state index in [4.69, 9.17) is 8.92 Å². The SMILES string of the molecule is COCC1CC2C(CCC3(C)C(=O)CCC23)c2ccc(OS(C)(=O)=O)cc21. The third kappa shape index (κ3) is 3.21. The minimum atomic E-state index is -3.55. The lowest BCUT2D eigenvalue weighted by Gasteiger charge is -2.50. The second kappa shape index (κ2) is 6.59. The number of benzene rings is 1. The summed E-state index contributed by atoms with van der Waals surface area (Å²) in [6.45, 7) is 2.77. The fourth-order valence-corrected chi connectivity index (χ4v) is 6.51. The van der Waals surface area contributed by atoms with E-state index in [2.05, 4.69) is 6.92 Å². The molecule has 0 spiro atoms. The van der Waals surface area contributed by atoms with Crippen LogP contribution < -0.4 is 4.18 Å². The summed E-state index contributed by atoms with van der Waals surface area (Å²) in [4.78, 5) is 12.5. The molecule has 3 aliphatic carbocycles. The fourth-order valence-electron chi connectivity index (χ4n) is 6.06. The average Bonchev–Trinajstić information content (AvgIpc) is 2.89. The molecule has 6 heteroatoms. The van der Waals surface area contributed by atoms with Gasteiger partial charge >= 0.3 is 10.1 Å². The zero-order valence-electron chi connectivity index (χ0n) is 16.2. The van der Waals surface area contributed by atoms with E-state index in [1.165, 1.54) is 5.56 Å². The van der Waals surface area contributed by atoms with Crippen LogP contribution in [0.5, 0.6) is 5.75 Å². The summed E-state index contributed by atoms with van der Waals surface area (Å²) in [6, 6.07) is 5.68. The highest BCUT2D eigenvalue weighted by Gasteiger charge is 2.55. The normalized spacial score (nSPS) is 35.3. The van der Waals surface area contributed by atoms with Gasteiger partial charge in [-0.3, -0.25) is 4.79 Å². The first-order valence-corrected chi connectivity index (χ1v) is 11.6. The van der Waals surface area contributed by atoms with Crippen LogP contribution in [-0.4, -0.2) is 34.2 Å². The molecule has 0 bridgehead atoms. The molecule has 4 rings (SSSR count). The molecule has 3 aliphatic rings. The summed E-state index contributed by atoms with van der Waals surface area (Å²) in [5.74, 6) is 2.38. The molecule has 2 saturated carbocycles. The van der Waals surface area contributed by atoms with Gasteiger partial charge < -0.3 is 8.92 Å². The van der Waals surface area contributed by atoms with E-state index in [1.807, 2.05) is 12.1 Å². The third-order valence-corrected chi connectivity index (χ3v) is 7.71. The Bertz CT molecular complexity index is 861. The molecule has 0 radical (unpaired) electrons. The Balaban J connectivity index is 1.73. The average molecular weight is 393 g/mol. The summed E-state index contributed by atoms with van der Waals surface area (Å²) in [5.41, 5.74) is 2.28. The summed E-state index contributed by atoms with van der Waals surface area (Å²) >= 11 is 0. The number of ketones is 1. The molecule has 0 saturated heterocycles. The Hall–Kier alpha value is -1.40. The molecular weight excluding hydrogens is 364 g/mol. The van der Waals surface area contributed by atoms with Gasteiger partial charge in [-0.05, 0) is 66.7 Å².